The highest BCUT2D eigenvalue weighted by molar-refractivity contribution is 9.11. The van der Waals surface area contributed by atoms with E-state index in [1.54, 1.807) is 23.5 Å². The number of rotatable bonds is 3. The largest absolute Gasteiger partial charge is 0.378 e. The van der Waals surface area contributed by atoms with Gasteiger partial charge in [-0.3, -0.25) is 0 Å². The lowest BCUT2D eigenvalue weighted by atomic mass is 10.3. The molecule has 1 nitrogen and oxygen atoms in total. The van der Waals surface area contributed by atoms with Crippen molar-refractivity contribution >= 4 is 48.9 Å². The van der Waals surface area contributed by atoms with Crippen LogP contribution in [-0.2, 0) is 6.54 Å². The van der Waals surface area contributed by atoms with Gasteiger partial charge in [0.2, 0.25) is 0 Å². The van der Waals surface area contributed by atoms with E-state index in [4.69, 9.17) is 0 Å². The van der Waals surface area contributed by atoms with Crippen molar-refractivity contribution < 1.29 is 4.39 Å². The second kappa shape index (κ2) is 5.29. The highest BCUT2D eigenvalue weighted by Crippen LogP contribution is 2.24. The molecule has 16 heavy (non-hydrogen) atoms. The zero-order valence-electron chi connectivity index (χ0n) is 8.14. The molecule has 0 spiro atoms. The highest BCUT2D eigenvalue weighted by atomic mass is 79.9. The van der Waals surface area contributed by atoms with Gasteiger partial charge < -0.3 is 5.32 Å². The molecule has 0 saturated heterocycles. The molecule has 0 unspecified atom stereocenters. The van der Waals surface area contributed by atoms with Crippen LogP contribution in [0.1, 0.15) is 4.88 Å². The maximum Gasteiger partial charge on any atom is 0.146 e. The van der Waals surface area contributed by atoms with Gasteiger partial charge in [-0.05, 0) is 46.3 Å². The number of thiophene rings is 1. The summed E-state index contributed by atoms with van der Waals surface area (Å²) >= 11 is 8.35. The third-order valence-corrected chi connectivity index (χ3v) is 4.13. The van der Waals surface area contributed by atoms with E-state index in [2.05, 4.69) is 37.2 Å². The molecular formula is C11H8Br2FNS. The number of hydrogen-bond donors (Lipinski definition) is 1. The number of halogens is 3. The summed E-state index contributed by atoms with van der Waals surface area (Å²) < 4.78 is 15.3. The van der Waals surface area contributed by atoms with Gasteiger partial charge >= 0.3 is 0 Å². The van der Waals surface area contributed by atoms with Crippen molar-refractivity contribution in [3.8, 4) is 0 Å². The molecule has 0 amide bonds. The zero-order valence-corrected chi connectivity index (χ0v) is 12.1. The fraction of sp³-hybridized carbons (Fsp3) is 0.0909. The van der Waals surface area contributed by atoms with Crippen LogP contribution in [0.4, 0.5) is 10.1 Å². The van der Waals surface area contributed by atoms with Gasteiger partial charge in [-0.15, -0.1) is 11.3 Å². The van der Waals surface area contributed by atoms with Crippen molar-refractivity contribution in [3.05, 3.63) is 49.3 Å². The van der Waals surface area contributed by atoms with Crippen LogP contribution in [0.25, 0.3) is 0 Å². The number of hydrogen-bond acceptors (Lipinski definition) is 2. The van der Waals surface area contributed by atoms with Crippen LogP contribution in [-0.4, -0.2) is 0 Å². The van der Waals surface area contributed by atoms with E-state index in [0.29, 0.717) is 12.2 Å². The van der Waals surface area contributed by atoms with E-state index in [0.717, 1.165) is 13.1 Å². The Balaban J connectivity index is 2.07. The number of anilines is 1. The summed E-state index contributed by atoms with van der Waals surface area (Å²) in [6.07, 6.45) is 0. The fourth-order valence-corrected chi connectivity index (χ4v) is 3.05. The molecule has 0 saturated carbocycles. The normalized spacial score (nSPS) is 10.4. The first-order chi connectivity index (χ1) is 7.65. The zero-order chi connectivity index (χ0) is 11.5. The Bertz CT molecular complexity index is 498. The maximum absolute atomic E-state index is 13.4. The standard InChI is InChI=1S/C11H8Br2FNS/c12-7-1-3-9(14)10(5-7)15-6-8-2-4-11(13)16-8/h1-5,15H,6H2. The van der Waals surface area contributed by atoms with Gasteiger partial charge in [0.15, 0.2) is 0 Å². The average Bonchev–Trinajstić information content (AvgIpc) is 2.66. The predicted octanol–water partition coefficient (Wildman–Crippen LogP) is 5.02. The van der Waals surface area contributed by atoms with Crippen molar-refractivity contribution in [1.29, 1.82) is 0 Å². The first-order valence-corrected chi connectivity index (χ1v) is 6.98. The van der Waals surface area contributed by atoms with E-state index in [1.165, 1.54) is 6.07 Å². The Morgan fingerprint density at radius 1 is 1.19 bits per heavy atom. The van der Waals surface area contributed by atoms with Gasteiger partial charge in [0.05, 0.1) is 9.47 Å². The monoisotopic (exact) mass is 363 g/mol. The molecule has 0 aliphatic carbocycles. The minimum absolute atomic E-state index is 0.237. The first-order valence-electron chi connectivity index (χ1n) is 4.58. The third kappa shape index (κ3) is 3.06. The summed E-state index contributed by atoms with van der Waals surface area (Å²) in [5.41, 5.74) is 0.513. The smallest absolute Gasteiger partial charge is 0.146 e. The van der Waals surface area contributed by atoms with Crippen molar-refractivity contribution in [1.82, 2.24) is 0 Å². The Kier molecular flexibility index (Phi) is 4.00. The molecule has 0 bridgehead atoms. The minimum atomic E-state index is -0.237. The van der Waals surface area contributed by atoms with Crippen LogP contribution in [0, 0.1) is 5.82 Å². The molecular weight excluding hydrogens is 357 g/mol. The lowest BCUT2D eigenvalue weighted by Crippen LogP contribution is -1.99. The van der Waals surface area contributed by atoms with Gasteiger partial charge in [-0.1, -0.05) is 15.9 Å². The molecule has 1 aromatic heterocycles. The molecule has 0 aliphatic heterocycles. The topological polar surface area (TPSA) is 12.0 Å². The number of benzene rings is 1. The van der Waals surface area contributed by atoms with Gasteiger partial charge in [0.25, 0.3) is 0 Å². The van der Waals surface area contributed by atoms with E-state index in [1.807, 2.05) is 12.1 Å². The van der Waals surface area contributed by atoms with E-state index in [9.17, 15) is 4.39 Å². The molecule has 0 fully saturated rings. The average molecular weight is 365 g/mol. The molecule has 1 heterocycles. The fourth-order valence-electron chi connectivity index (χ4n) is 1.26. The van der Waals surface area contributed by atoms with Crippen molar-refractivity contribution in [2.45, 2.75) is 6.54 Å². The molecule has 1 aromatic carbocycles. The van der Waals surface area contributed by atoms with Gasteiger partial charge in [-0.2, -0.15) is 0 Å². The number of nitrogens with one attached hydrogen (secondary N) is 1. The van der Waals surface area contributed by atoms with Crippen molar-refractivity contribution in [2.75, 3.05) is 5.32 Å². The SMILES string of the molecule is Fc1ccc(Br)cc1NCc1ccc(Br)s1. The molecule has 2 rings (SSSR count). The van der Waals surface area contributed by atoms with Crippen LogP contribution in [0.3, 0.4) is 0 Å². The Morgan fingerprint density at radius 3 is 2.69 bits per heavy atom. The lowest BCUT2D eigenvalue weighted by molar-refractivity contribution is 0.630. The summed E-state index contributed by atoms with van der Waals surface area (Å²) in [5, 5.41) is 3.07. The van der Waals surface area contributed by atoms with Crippen molar-refractivity contribution in [2.24, 2.45) is 0 Å². The van der Waals surface area contributed by atoms with Crippen LogP contribution in [0.2, 0.25) is 0 Å². The molecule has 5 heteroatoms. The third-order valence-electron chi connectivity index (χ3n) is 2.01. The van der Waals surface area contributed by atoms with Gasteiger partial charge in [0, 0.05) is 15.9 Å². The Hall–Kier alpha value is -0.390. The minimum Gasteiger partial charge on any atom is -0.378 e. The summed E-state index contributed by atoms with van der Waals surface area (Å²) in [6.45, 7) is 0.629. The summed E-state index contributed by atoms with van der Waals surface area (Å²) in [7, 11) is 0. The predicted molar refractivity (Wildman–Crippen MR) is 73.4 cm³/mol. The second-order valence-electron chi connectivity index (χ2n) is 3.18. The van der Waals surface area contributed by atoms with E-state index >= 15 is 0 Å². The van der Waals surface area contributed by atoms with Gasteiger partial charge in [-0.25, -0.2) is 4.39 Å². The summed E-state index contributed by atoms with van der Waals surface area (Å²) in [5.74, 6) is -0.237. The Labute approximate surface area is 114 Å². The lowest BCUT2D eigenvalue weighted by Gasteiger charge is -2.06. The molecule has 0 atom stereocenters. The van der Waals surface area contributed by atoms with Crippen LogP contribution >= 0.6 is 43.2 Å². The van der Waals surface area contributed by atoms with Gasteiger partial charge in [0.1, 0.15) is 5.82 Å². The molecule has 84 valence electrons. The van der Waals surface area contributed by atoms with Crippen LogP contribution in [0.15, 0.2) is 38.6 Å². The second-order valence-corrected chi connectivity index (χ2v) is 6.65. The Morgan fingerprint density at radius 2 is 2.00 bits per heavy atom. The summed E-state index contributed by atoms with van der Waals surface area (Å²) in [6, 6.07) is 8.85. The first kappa shape index (κ1) is 12.1. The molecule has 1 N–H and O–H groups in total. The van der Waals surface area contributed by atoms with Crippen molar-refractivity contribution in [3.63, 3.8) is 0 Å². The molecule has 0 aliphatic rings. The van der Waals surface area contributed by atoms with E-state index < -0.39 is 0 Å². The van der Waals surface area contributed by atoms with E-state index in [-0.39, 0.29) is 5.82 Å². The van der Waals surface area contributed by atoms with Crippen LogP contribution in [0.5, 0.6) is 0 Å². The quantitative estimate of drug-likeness (QED) is 0.805. The highest BCUT2D eigenvalue weighted by Gasteiger charge is 2.03. The molecule has 0 radical (unpaired) electrons. The molecule has 2 aromatic rings. The maximum atomic E-state index is 13.4. The van der Waals surface area contributed by atoms with Crippen LogP contribution < -0.4 is 5.32 Å². The summed E-state index contributed by atoms with van der Waals surface area (Å²) in [4.78, 5) is 1.16.